The summed E-state index contributed by atoms with van der Waals surface area (Å²) in [5.74, 6) is -0.0216. The van der Waals surface area contributed by atoms with Gasteiger partial charge in [0, 0.05) is 12.8 Å². The second kappa shape index (κ2) is 61.9. The van der Waals surface area contributed by atoms with E-state index in [4.69, 9.17) is 4.74 Å². The van der Waals surface area contributed by atoms with Gasteiger partial charge in [-0.2, -0.15) is 0 Å². The maximum absolute atomic E-state index is 12.5. The summed E-state index contributed by atoms with van der Waals surface area (Å²) in [4.78, 5) is 24.5. The van der Waals surface area contributed by atoms with Gasteiger partial charge in [0.25, 0.3) is 0 Å². The molecule has 0 aliphatic rings. The first-order valence-electron chi connectivity index (χ1n) is 32.6. The van der Waals surface area contributed by atoms with Gasteiger partial charge in [0.2, 0.25) is 5.91 Å². The molecule has 0 aromatic rings. The van der Waals surface area contributed by atoms with Crippen LogP contribution in [0.4, 0.5) is 0 Å². The van der Waals surface area contributed by atoms with Crippen LogP contribution in [0.15, 0.2) is 24.3 Å². The number of carbonyl (C=O) groups excluding carboxylic acids is 2. The van der Waals surface area contributed by atoms with E-state index in [0.717, 1.165) is 44.9 Å². The van der Waals surface area contributed by atoms with Gasteiger partial charge in [0.1, 0.15) is 0 Å². The zero-order valence-corrected chi connectivity index (χ0v) is 48.7. The highest BCUT2D eigenvalue weighted by Gasteiger charge is 2.20. The Morgan fingerprint density at radius 3 is 1.06 bits per heavy atom. The predicted molar refractivity (Wildman–Crippen MR) is 315 cm³/mol. The van der Waals surface area contributed by atoms with Gasteiger partial charge in [-0.15, -0.1) is 0 Å². The molecule has 0 rings (SSSR count). The van der Waals surface area contributed by atoms with E-state index in [2.05, 4.69) is 43.5 Å². The molecule has 0 aromatic carbocycles. The van der Waals surface area contributed by atoms with Gasteiger partial charge in [-0.25, -0.2) is 0 Å². The Morgan fingerprint density at radius 1 is 0.389 bits per heavy atom. The fourth-order valence-electron chi connectivity index (χ4n) is 10.3. The molecular formula is C66H127NO5. The smallest absolute Gasteiger partial charge is 0.305 e. The summed E-state index contributed by atoms with van der Waals surface area (Å²) >= 11 is 0. The summed E-state index contributed by atoms with van der Waals surface area (Å²) in [6, 6.07) is -0.542. The first kappa shape index (κ1) is 70.3. The third kappa shape index (κ3) is 57.6. The summed E-state index contributed by atoms with van der Waals surface area (Å²) in [7, 11) is 0. The summed E-state index contributed by atoms with van der Waals surface area (Å²) in [6.07, 6.45) is 76.3. The Hall–Kier alpha value is -1.66. The molecule has 0 bridgehead atoms. The number of aliphatic hydroxyl groups is 2. The topological polar surface area (TPSA) is 95.9 Å². The van der Waals surface area contributed by atoms with Crippen molar-refractivity contribution in [1.29, 1.82) is 0 Å². The zero-order valence-electron chi connectivity index (χ0n) is 48.7. The largest absolute Gasteiger partial charge is 0.466 e. The van der Waals surface area contributed by atoms with Crippen LogP contribution in [0.25, 0.3) is 0 Å². The summed E-state index contributed by atoms with van der Waals surface area (Å²) in [6.45, 7) is 4.97. The first-order valence-corrected chi connectivity index (χ1v) is 32.6. The Morgan fingerprint density at radius 2 is 0.694 bits per heavy atom. The monoisotopic (exact) mass is 1010 g/mol. The van der Waals surface area contributed by atoms with Crippen LogP contribution >= 0.6 is 0 Å². The normalized spacial score (nSPS) is 12.7. The van der Waals surface area contributed by atoms with Crippen molar-refractivity contribution < 1.29 is 24.5 Å². The molecule has 0 saturated carbocycles. The first-order chi connectivity index (χ1) is 35.5. The van der Waals surface area contributed by atoms with Gasteiger partial charge in [0.15, 0.2) is 0 Å². The van der Waals surface area contributed by atoms with Crippen molar-refractivity contribution in [2.24, 2.45) is 0 Å². The maximum Gasteiger partial charge on any atom is 0.305 e. The lowest BCUT2D eigenvalue weighted by molar-refractivity contribution is -0.143. The van der Waals surface area contributed by atoms with Crippen LogP contribution in [-0.4, -0.2) is 47.4 Å². The zero-order chi connectivity index (χ0) is 52.2. The number of unbranched alkanes of at least 4 members (excludes halogenated alkanes) is 46. The molecule has 0 aromatic heterocycles. The van der Waals surface area contributed by atoms with E-state index in [1.165, 1.54) is 283 Å². The highest BCUT2D eigenvalue weighted by molar-refractivity contribution is 5.76. The number of allylic oxidation sites excluding steroid dienone is 4. The molecule has 2 atom stereocenters. The van der Waals surface area contributed by atoms with E-state index in [0.29, 0.717) is 25.9 Å². The Labute approximate surface area is 450 Å². The number of aliphatic hydroxyl groups excluding tert-OH is 2. The molecule has 72 heavy (non-hydrogen) atoms. The van der Waals surface area contributed by atoms with Crippen LogP contribution in [-0.2, 0) is 14.3 Å². The van der Waals surface area contributed by atoms with E-state index in [9.17, 15) is 19.8 Å². The number of rotatable bonds is 61. The molecule has 3 N–H and O–H groups in total. The van der Waals surface area contributed by atoms with E-state index in [1.807, 2.05) is 0 Å². The predicted octanol–water partition coefficient (Wildman–Crippen LogP) is 20.6. The second-order valence-electron chi connectivity index (χ2n) is 22.5. The summed E-state index contributed by atoms with van der Waals surface area (Å²) in [5, 5.41) is 23.3. The summed E-state index contributed by atoms with van der Waals surface area (Å²) < 4.78 is 5.47. The van der Waals surface area contributed by atoms with Crippen LogP contribution in [0.3, 0.4) is 0 Å². The van der Waals surface area contributed by atoms with Crippen molar-refractivity contribution in [3.8, 4) is 0 Å². The average molecular weight is 1010 g/mol. The van der Waals surface area contributed by atoms with Gasteiger partial charge >= 0.3 is 5.97 Å². The SMILES string of the molecule is CCCCCCCCCCCCCCCCCC(O)C(CO)NC(=O)CCCCCCCCCCCCCCC/C=C\C/C=C\CCCCCCCCCCCOC(=O)CCCCCCCCCCCCC. The molecule has 0 spiro atoms. The molecule has 0 radical (unpaired) electrons. The van der Waals surface area contributed by atoms with Crippen LogP contribution in [0.1, 0.15) is 361 Å². The van der Waals surface area contributed by atoms with Crippen LogP contribution in [0, 0.1) is 0 Å². The lowest BCUT2D eigenvalue weighted by atomic mass is 10.0. The van der Waals surface area contributed by atoms with Crippen LogP contribution in [0.5, 0.6) is 0 Å². The molecule has 6 nitrogen and oxygen atoms in total. The minimum absolute atomic E-state index is 0.0121. The average Bonchev–Trinajstić information content (AvgIpc) is 3.38. The van der Waals surface area contributed by atoms with Crippen molar-refractivity contribution in [2.45, 2.75) is 373 Å². The number of amides is 1. The van der Waals surface area contributed by atoms with Crippen molar-refractivity contribution in [3.63, 3.8) is 0 Å². The number of hydrogen-bond acceptors (Lipinski definition) is 5. The summed E-state index contributed by atoms with van der Waals surface area (Å²) in [5.41, 5.74) is 0. The highest BCUT2D eigenvalue weighted by atomic mass is 16.5. The molecule has 1 amide bonds. The van der Waals surface area contributed by atoms with E-state index in [1.54, 1.807) is 0 Å². The molecule has 2 unspecified atom stereocenters. The van der Waals surface area contributed by atoms with Gasteiger partial charge < -0.3 is 20.3 Å². The number of carbonyl (C=O) groups is 2. The minimum Gasteiger partial charge on any atom is -0.466 e. The quantitative estimate of drug-likeness (QED) is 0.0320. The Balaban J connectivity index is 3.40. The molecule has 0 fully saturated rings. The van der Waals surface area contributed by atoms with Gasteiger partial charge in [-0.3, -0.25) is 9.59 Å². The molecule has 0 heterocycles. The number of hydrogen-bond donors (Lipinski definition) is 3. The number of esters is 1. The third-order valence-electron chi connectivity index (χ3n) is 15.3. The molecule has 0 saturated heterocycles. The van der Waals surface area contributed by atoms with Crippen LogP contribution < -0.4 is 5.32 Å². The fourth-order valence-corrected chi connectivity index (χ4v) is 10.3. The van der Waals surface area contributed by atoms with E-state index in [-0.39, 0.29) is 18.5 Å². The van der Waals surface area contributed by atoms with Crippen molar-refractivity contribution in [2.75, 3.05) is 13.2 Å². The van der Waals surface area contributed by atoms with Gasteiger partial charge in [-0.05, 0) is 57.8 Å². The van der Waals surface area contributed by atoms with E-state index >= 15 is 0 Å². The highest BCUT2D eigenvalue weighted by Crippen LogP contribution is 2.18. The maximum atomic E-state index is 12.5. The molecule has 0 aliphatic carbocycles. The second-order valence-corrected chi connectivity index (χ2v) is 22.5. The standard InChI is InChI=1S/C66H127NO5/c1-3-5-7-9-11-13-15-16-32-35-39-42-46-50-54-58-64(69)63(62-68)67-65(70)59-55-51-47-43-40-36-33-30-28-26-24-22-20-18-17-19-21-23-25-27-29-31-34-37-41-45-49-53-57-61-72-66(71)60-56-52-48-44-38-14-12-10-8-6-4-2/h17,19,23,25,63-64,68-69H,3-16,18,20-22,24,26-62H2,1-2H3,(H,67,70)/b19-17-,25-23-. The van der Waals surface area contributed by atoms with Crippen LogP contribution in [0.2, 0.25) is 0 Å². The molecule has 6 heteroatoms. The Bertz CT molecular complexity index is 1120. The molecular weight excluding hydrogens is 887 g/mol. The van der Waals surface area contributed by atoms with Crippen molar-refractivity contribution in [1.82, 2.24) is 5.32 Å². The fraction of sp³-hybridized carbons (Fsp3) is 0.909. The lowest BCUT2D eigenvalue weighted by Crippen LogP contribution is -2.45. The van der Waals surface area contributed by atoms with Crippen molar-refractivity contribution in [3.05, 3.63) is 24.3 Å². The Kier molecular flexibility index (Phi) is 60.5. The van der Waals surface area contributed by atoms with E-state index < -0.39 is 12.1 Å². The van der Waals surface area contributed by atoms with Crippen molar-refractivity contribution >= 4 is 11.9 Å². The molecule has 0 aliphatic heterocycles. The van der Waals surface area contributed by atoms with Gasteiger partial charge in [-0.1, -0.05) is 314 Å². The third-order valence-corrected chi connectivity index (χ3v) is 15.3. The lowest BCUT2D eigenvalue weighted by Gasteiger charge is -2.22. The number of ether oxygens (including phenoxy) is 1. The minimum atomic E-state index is -0.664. The number of nitrogens with one attached hydrogen (secondary N) is 1. The molecule has 426 valence electrons. The van der Waals surface area contributed by atoms with Gasteiger partial charge in [0.05, 0.1) is 25.4 Å².